The van der Waals surface area contributed by atoms with Crippen LogP contribution in [0.15, 0.2) is 47.4 Å². The molecule has 0 aliphatic carbocycles. The first kappa shape index (κ1) is 12.1. The van der Waals surface area contributed by atoms with E-state index in [1.165, 1.54) is 21.6 Å². The van der Waals surface area contributed by atoms with E-state index in [-0.39, 0.29) is 0 Å². The molecule has 0 aromatic heterocycles. The predicted molar refractivity (Wildman–Crippen MR) is 76.3 cm³/mol. The first-order valence-corrected chi connectivity index (χ1v) is 6.68. The molecule has 0 saturated heterocycles. The third-order valence-corrected chi connectivity index (χ3v) is 3.92. The second-order valence-electron chi connectivity index (χ2n) is 4.30. The summed E-state index contributed by atoms with van der Waals surface area (Å²) in [5.74, 6) is 0.967. The Hall–Kier alpha value is -1.41. The molecule has 0 aliphatic heterocycles. The Morgan fingerprint density at radius 3 is 2.59 bits per heavy atom. The van der Waals surface area contributed by atoms with Crippen molar-refractivity contribution in [2.45, 2.75) is 24.5 Å². The largest absolute Gasteiger partial charge is 0.399 e. The molecule has 0 bridgehead atoms. The normalized spacial score (nSPS) is 10.5. The molecular formula is C15H17NS. The summed E-state index contributed by atoms with van der Waals surface area (Å²) >= 11 is 1.86. The highest BCUT2D eigenvalue weighted by molar-refractivity contribution is 7.98. The molecule has 0 amide bonds. The summed E-state index contributed by atoms with van der Waals surface area (Å²) in [6.45, 7) is 4.29. The van der Waals surface area contributed by atoms with Gasteiger partial charge in [-0.3, -0.25) is 0 Å². The average molecular weight is 243 g/mol. The average Bonchev–Trinajstić information content (AvgIpc) is 2.28. The number of hydrogen-bond acceptors (Lipinski definition) is 2. The van der Waals surface area contributed by atoms with Crippen molar-refractivity contribution in [3.8, 4) is 0 Å². The molecule has 17 heavy (non-hydrogen) atoms. The number of nitrogen functional groups attached to an aromatic ring is 1. The van der Waals surface area contributed by atoms with Crippen LogP contribution in [0.5, 0.6) is 0 Å². The summed E-state index contributed by atoms with van der Waals surface area (Å²) in [6.07, 6.45) is 0. The standard InChI is InChI=1S/C15H17NS/c1-11-6-7-15(12(2)8-11)17-10-13-4-3-5-14(16)9-13/h3-9H,10,16H2,1-2H3. The van der Waals surface area contributed by atoms with Gasteiger partial charge in [0.1, 0.15) is 0 Å². The molecule has 2 aromatic rings. The van der Waals surface area contributed by atoms with Gasteiger partial charge in [0, 0.05) is 16.3 Å². The molecule has 2 aromatic carbocycles. The quantitative estimate of drug-likeness (QED) is 0.646. The van der Waals surface area contributed by atoms with Crippen LogP contribution in [0.3, 0.4) is 0 Å². The summed E-state index contributed by atoms with van der Waals surface area (Å²) in [6, 6.07) is 14.7. The molecule has 0 unspecified atom stereocenters. The Morgan fingerprint density at radius 1 is 1.06 bits per heavy atom. The Kier molecular flexibility index (Phi) is 3.75. The van der Waals surface area contributed by atoms with Crippen LogP contribution in [-0.4, -0.2) is 0 Å². The van der Waals surface area contributed by atoms with E-state index in [4.69, 9.17) is 5.73 Å². The highest BCUT2D eigenvalue weighted by Gasteiger charge is 2.00. The smallest absolute Gasteiger partial charge is 0.0317 e. The molecule has 0 saturated carbocycles. The van der Waals surface area contributed by atoms with Crippen LogP contribution >= 0.6 is 11.8 Å². The molecule has 0 heterocycles. The first-order valence-electron chi connectivity index (χ1n) is 5.69. The number of aryl methyl sites for hydroxylation is 2. The molecule has 0 radical (unpaired) electrons. The van der Waals surface area contributed by atoms with Crippen molar-refractivity contribution < 1.29 is 0 Å². The number of thioether (sulfide) groups is 1. The zero-order valence-corrected chi connectivity index (χ0v) is 11.1. The van der Waals surface area contributed by atoms with Crippen molar-refractivity contribution in [1.29, 1.82) is 0 Å². The minimum Gasteiger partial charge on any atom is -0.399 e. The maximum absolute atomic E-state index is 5.77. The monoisotopic (exact) mass is 243 g/mol. The van der Waals surface area contributed by atoms with E-state index in [9.17, 15) is 0 Å². The van der Waals surface area contributed by atoms with Crippen molar-refractivity contribution >= 4 is 17.4 Å². The summed E-state index contributed by atoms with van der Waals surface area (Å²) in [4.78, 5) is 1.35. The van der Waals surface area contributed by atoms with Crippen LogP contribution in [0.2, 0.25) is 0 Å². The molecule has 2 rings (SSSR count). The lowest BCUT2D eigenvalue weighted by Gasteiger charge is -2.07. The second-order valence-corrected chi connectivity index (χ2v) is 5.32. The summed E-state index contributed by atoms with van der Waals surface area (Å²) in [5, 5.41) is 0. The van der Waals surface area contributed by atoms with Gasteiger partial charge in [-0.05, 0) is 43.2 Å². The van der Waals surface area contributed by atoms with E-state index in [0.29, 0.717) is 0 Å². The summed E-state index contributed by atoms with van der Waals surface area (Å²) < 4.78 is 0. The predicted octanol–water partition coefficient (Wildman–Crippen LogP) is 4.18. The number of anilines is 1. The maximum Gasteiger partial charge on any atom is 0.0317 e. The number of nitrogens with two attached hydrogens (primary N) is 1. The van der Waals surface area contributed by atoms with E-state index in [2.05, 4.69) is 38.1 Å². The molecule has 1 nitrogen and oxygen atoms in total. The fourth-order valence-corrected chi connectivity index (χ4v) is 2.76. The van der Waals surface area contributed by atoms with E-state index in [1.54, 1.807) is 0 Å². The van der Waals surface area contributed by atoms with Gasteiger partial charge in [-0.15, -0.1) is 11.8 Å². The molecule has 0 fully saturated rings. The molecule has 2 heteroatoms. The van der Waals surface area contributed by atoms with Crippen LogP contribution in [0.25, 0.3) is 0 Å². The van der Waals surface area contributed by atoms with E-state index in [1.807, 2.05) is 30.0 Å². The van der Waals surface area contributed by atoms with E-state index >= 15 is 0 Å². The van der Waals surface area contributed by atoms with Crippen LogP contribution in [0.4, 0.5) is 5.69 Å². The van der Waals surface area contributed by atoms with Crippen molar-refractivity contribution in [2.24, 2.45) is 0 Å². The topological polar surface area (TPSA) is 26.0 Å². The van der Waals surface area contributed by atoms with Gasteiger partial charge < -0.3 is 5.73 Å². The first-order chi connectivity index (χ1) is 8.15. The van der Waals surface area contributed by atoms with Gasteiger partial charge in [-0.2, -0.15) is 0 Å². The molecular weight excluding hydrogens is 226 g/mol. The Morgan fingerprint density at radius 2 is 1.88 bits per heavy atom. The van der Waals surface area contributed by atoms with Crippen LogP contribution < -0.4 is 5.73 Å². The zero-order valence-electron chi connectivity index (χ0n) is 10.2. The van der Waals surface area contributed by atoms with Crippen molar-refractivity contribution in [3.05, 3.63) is 59.2 Å². The third-order valence-electron chi connectivity index (χ3n) is 2.68. The lowest BCUT2D eigenvalue weighted by molar-refractivity contribution is 1.25. The SMILES string of the molecule is Cc1ccc(SCc2cccc(N)c2)c(C)c1. The zero-order chi connectivity index (χ0) is 12.3. The van der Waals surface area contributed by atoms with Gasteiger partial charge in [-0.1, -0.05) is 29.8 Å². The maximum atomic E-state index is 5.77. The fourth-order valence-electron chi connectivity index (χ4n) is 1.81. The van der Waals surface area contributed by atoms with Crippen LogP contribution in [0.1, 0.15) is 16.7 Å². The molecule has 0 aliphatic rings. The van der Waals surface area contributed by atoms with E-state index in [0.717, 1.165) is 11.4 Å². The van der Waals surface area contributed by atoms with E-state index < -0.39 is 0 Å². The number of rotatable bonds is 3. The Balaban J connectivity index is 2.07. The minimum atomic E-state index is 0.837. The van der Waals surface area contributed by atoms with Gasteiger partial charge in [-0.25, -0.2) is 0 Å². The van der Waals surface area contributed by atoms with Crippen LogP contribution in [0, 0.1) is 13.8 Å². The molecule has 0 spiro atoms. The lowest BCUT2D eigenvalue weighted by Crippen LogP contribution is -1.88. The van der Waals surface area contributed by atoms with Crippen molar-refractivity contribution in [2.75, 3.05) is 5.73 Å². The summed E-state index contributed by atoms with van der Waals surface area (Å²) in [7, 11) is 0. The Labute approximate surface area is 107 Å². The number of hydrogen-bond donors (Lipinski definition) is 1. The number of benzene rings is 2. The highest BCUT2D eigenvalue weighted by atomic mass is 32.2. The van der Waals surface area contributed by atoms with Crippen molar-refractivity contribution in [3.63, 3.8) is 0 Å². The van der Waals surface area contributed by atoms with Gasteiger partial charge in [0.05, 0.1) is 0 Å². The minimum absolute atomic E-state index is 0.837. The summed E-state index contributed by atoms with van der Waals surface area (Å²) in [5.41, 5.74) is 10.5. The van der Waals surface area contributed by atoms with Gasteiger partial charge in [0.2, 0.25) is 0 Å². The molecule has 0 atom stereocenters. The van der Waals surface area contributed by atoms with Crippen molar-refractivity contribution in [1.82, 2.24) is 0 Å². The van der Waals surface area contributed by atoms with Gasteiger partial charge in [0.25, 0.3) is 0 Å². The third kappa shape index (κ3) is 3.27. The molecule has 88 valence electrons. The second kappa shape index (κ2) is 5.28. The lowest BCUT2D eigenvalue weighted by atomic mass is 10.2. The Bertz CT molecular complexity index is 520. The molecule has 2 N–H and O–H groups in total. The van der Waals surface area contributed by atoms with Gasteiger partial charge in [0.15, 0.2) is 0 Å². The fraction of sp³-hybridized carbons (Fsp3) is 0.200. The highest BCUT2D eigenvalue weighted by Crippen LogP contribution is 2.27. The van der Waals surface area contributed by atoms with Gasteiger partial charge >= 0.3 is 0 Å². The van der Waals surface area contributed by atoms with Crippen LogP contribution in [-0.2, 0) is 5.75 Å².